The van der Waals surface area contributed by atoms with E-state index in [9.17, 15) is 14.7 Å². The minimum atomic E-state index is -2.95. The maximum absolute atomic E-state index is 14.5. The molecule has 4 atom stereocenters. The number of ether oxygens (including phenoxy) is 1. The van der Waals surface area contributed by atoms with Gasteiger partial charge in [0.1, 0.15) is 5.75 Å². The molecule has 3 aliphatic rings. The van der Waals surface area contributed by atoms with Crippen LogP contribution in [0, 0.1) is 17.8 Å². The summed E-state index contributed by atoms with van der Waals surface area (Å²) in [4.78, 5) is 35.1. The van der Waals surface area contributed by atoms with Gasteiger partial charge in [0.2, 0.25) is 11.8 Å². The van der Waals surface area contributed by atoms with Crippen LogP contribution < -0.4 is 15.3 Å². The Labute approximate surface area is 353 Å². The largest absolute Gasteiger partial charge is 0.507 e. The number of carbonyl (C=O) groups excluding carboxylic acids is 2. The number of aromatic nitrogens is 1. The number of hydrogen-bond donors (Lipinski definition) is 1. The number of pyridine rings is 1. The fraction of sp³-hybridized carbons (Fsp3) is 0.250. The van der Waals surface area contributed by atoms with Crippen LogP contribution >= 0.6 is 0 Å². The molecule has 6 aromatic rings. The van der Waals surface area contributed by atoms with E-state index in [1.54, 1.807) is 6.07 Å². The Bertz CT molecular complexity index is 2550. The summed E-state index contributed by atoms with van der Waals surface area (Å²) in [5, 5.41) is 14.6. The minimum absolute atomic E-state index is 0.150. The van der Waals surface area contributed by atoms with E-state index in [0.29, 0.717) is 38.2 Å². The van der Waals surface area contributed by atoms with Crippen LogP contribution in [0.2, 0.25) is 5.04 Å². The Morgan fingerprint density at radius 1 is 0.783 bits per heavy atom. The van der Waals surface area contributed by atoms with Gasteiger partial charge in [-0.05, 0) is 98.8 Å². The number of imide groups is 1. The summed E-state index contributed by atoms with van der Waals surface area (Å²) in [6.07, 6.45) is 5.43. The van der Waals surface area contributed by atoms with Crippen LogP contribution in [0.4, 0.5) is 5.69 Å². The summed E-state index contributed by atoms with van der Waals surface area (Å²) >= 11 is 0. The van der Waals surface area contributed by atoms with Crippen LogP contribution in [0.1, 0.15) is 51.3 Å². The molecule has 0 spiro atoms. The number of allylic oxidation sites excluding steroid dienone is 1. The van der Waals surface area contributed by atoms with Crippen molar-refractivity contribution < 1.29 is 23.9 Å². The lowest BCUT2D eigenvalue weighted by molar-refractivity contribution is -0.122. The average molecular weight is 811 g/mol. The molecule has 0 saturated carbocycles. The van der Waals surface area contributed by atoms with E-state index in [2.05, 4.69) is 75.4 Å². The normalized spacial score (nSPS) is 20.8. The molecule has 0 unspecified atom stereocenters. The maximum Gasteiger partial charge on any atom is 0.261 e. The van der Waals surface area contributed by atoms with Gasteiger partial charge in [-0.1, -0.05) is 136 Å². The number of benzene rings is 5. The predicted octanol–water partition coefficient (Wildman–Crippen LogP) is 9.36. The maximum atomic E-state index is 14.5. The SMILES string of the molecule is CC(C)(C)[Si](OCC1=C2[C@@H](CC/C(=C/c3ccc(O)c4ccccc34)c3ccccn3)OC[C@@H]2[C@@H]2C(=O)N(c3ccccc3)C(=O)[C@@H]2C1)(c1ccccc1)c1ccccc1. The van der Waals surface area contributed by atoms with Crippen molar-refractivity contribution in [3.05, 3.63) is 174 Å². The van der Waals surface area contributed by atoms with E-state index < -0.39 is 20.2 Å². The summed E-state index contributed by atoms with van der Waals surface area (Å²) in [5.41, 5.74) is 5.69. The molecule has 2 amide bonds. The van der Waals surface area contributed by atoms with E-state index in [1.807, 2.05) is 97.2 Å². The number of hydrogen-bond acceptors (Lipinski definition) is 6. The molecule has 0 bridgehead atoms. The van der Waals surface area contributed by atoms with Crippen LogP contribution in [-0.4, -0.2) is 49.5 Å². The van der Waals surface area contributed by atoms with Crippen molar-refractivity contribution in [3.8, 4) is 5.75 Å². The molecule has 1 N–H and O–H groups in total. The molecular weight excluding hydrogens is 761 g/mol. The number of phenolic OH excluding ortho intramolecular Hbond substituents is 1. The van der Waals surface area contributed by atoms with Gasteiger partial charge >= 0.3 is 0 Å². The topological polar surface area (TPSA) is 89.0 Å². The molecule has 9 rings (SSSR count). The summed E-state index contributed by atoms with van der Waals surface area (Å²) < 4.78 is 14.4. The zero-order valence-corrected chi connectivity index (χ0v) is 35.3. The third-order valence-electron chi connectivity index (χ3n) is 12.8. The number of aromatic hydroxyl groups is 1. The molecule has 1 aromatic heterocycles. The number of amides is 2. The van der Waals surface area contributed by atoms with Crippen LogP contribution in [0.5, 0.6) is 5.75 Å². The molecule has 5 aromatic carbocycles. The monoisotopic (exact) mass is 810 g/mol. The zero-order valence-electron chi connectivity index (χ0n) is 34.3. The standard InChI is InChI=1S/C52H50N2O5Si/c1-52(2,3)60(39-19-9-5-10-20-39,40-21-11-6-12-22-40)59-33-37-32-43-49(51(57)54(50(43)56)38-17-7-4-8-18-38)44-34-58-47(48(37)44)29-27-36(45-25-15-16-30-53-45)31-35-26-28-46(55)42-24-14-13-23-41(35)42/h4-26,28,30-31,43-44,47,49,55H,27,29,32-34H2,1-3H3/b36-31-/t43-,44+,47-,49-/m1/s1. The summed E-state index contributed by atoms with van der Waals surface area (Å²) in [6, 6.07) is 48.1. The fourth-order valence-corrected chi connectivity index (χ4v) is 14.7. The molecule has 2 saturated heterocycles. The highest BCUT2D eigenvalue weighted by Gasteiger charge is 2.58. The van der Waals surface area contributed by atoms with Crippen molar-refractivity contribution in [2.45, 2.75) is 51.2 Å². The van der Waals surface area contributed by atoms with Crippen molar-refractivity contribution in [2.75, 3.05) is 18.1 Å². The first-order chi connectivity index (χ1) is 29.2. The lowest BCUT2D eigenvalue weighted by atomic mass is 9.69. The van der Waals surface area contributed by atoms with Crippen LogP contribution in [0.25, 0.3) is 22.4 Å². The quantitative estimate of drug-likeness (QED) is 0.0798. The van der Waals surface area contributed by atoms with Gasteiger partial charge < -0.3 is 14.3 Å². The third kappa shape index (κ3) is 7.02. The first-order valence-corrected chi connectivity index (χ1v) is 22.9. The van der Waals surface area contributed by atoms with Crippen molar-refractivity contribution in [1.29, 1.82) is 0 Å². The van der Waals surface area contributed by atoms with Crippen LogP contribution in [0.3, 0.4) is 0 Å². The van der Waals surface area contributed by atoms with Gasteiger partial charge in [-0.2, -0.15) is 0 Å². The Balaban J connectivity index is 1.12. The number of rotatable bonds is 11. The van der Waals surface area contributed by atoms with Gasteiger partial charge in [0.05, 0.1) is 42.5 Å². The molecule has 7 nitrogen and oxygen atoms in total. The molecule has 1 aliphatic carbocycles. The lowest BCUT2D eigenvalue weighted by Crippen LogP contribution is -2.66. The first-order valence-electron chi connectivity index (χ1n) is 21.0. The van der Waals surface area contributed by atoms with Crippen molar-refractivity contribution >= 4 is 58.6 Å². The second-order valence-electron chi connectivity index (χ2n) is 17.3. The molecule has 60 heavy (non-hydrogen) atoms. The smallest absolute Gasteiger partial charge is 0.261 e. The van der Waals surface area contributed by atoms with Crippen molar-refractivity contribution in [3.63, 3.8) is 0 Å². The molecule has 302 valence electrons. The Kier molecular flexibility index (Phi) is 10.7. The first kappa shape index (κ1) is 39.5. The average Bonchev–Trinajstić information content (AvgIpc) is 3.81. The van der Waals surface area contributed by atoms with E-state index in [-0.39, 0.29) is 34.6 Å². The van der Waals surface area contributed by atoms with E-state index in [4.69, 9.17) is 14.1 Å². The van der Waals surface area contributed by atoms with Gasteiger partial charge in [0, 0.05) is 17.5 Å². The van der Waals surface area contributed by atoms with Gasteiger partial charge in [-0.15, -0.1) is 0 Å². The van der Waals surface area contributed by atoms with Crippen molar-refractivity contribution in [2.24, 2.45) is 17.8 Å². The molecule has 2 fully saturated rings. The second-order valence-corrected chi connectivity index (χ2v) is 21.6. The van der Waals surface area contributed by atoms with Gasteiger partial charge in [-0.25, -0.2) is 0 Å². The minimum Gasteiger partial charge on any atom is -0.507 e. The summed E-state index contributed by atoms with van der Waals surface area (Å²) in [5.74, 6) is -1.32. The van der Waals surface area contributed by atoms with Gasteiger partial charge in [0.15, 0.2) is 0 Å². The zero-order chi connectivity index (χ0) is 41.4. The number of anilines is 1. The third-order valence-corrected chi connectivity index (χ3v) is 17.8. The number of para-hydroxylation sites is 1. The number of nitrogens with zero attached hydrogens (tertiary/aromatic N) is 2. The molecule has 0 radical (unpaired) electrons. The Hall–Kier alpha value is -5.93. The number of fused-ring (bicyclic) bond motifs is 4. The fourth-order valence-electron chi connectivity index (χ4n) is 10.1. The van der Waals surface area contributed by atoms with E-state index >= 15 is 0 Å². The van der Waals surface area contributed by atoms with Crippen molar-refractivity contribution in [1.82, 2.24) is 4.98 Å². The summed E-state index contributed by atoms with van der Waals surface area (Å²) in [7, 11) is -2.95. The van der Waals surface area contributed by atoms with Gasteiger partial charge in [0.25, 0.3) is 8.32 Å². The highest BCUT2D eigenvalue weighted by atomic mass is 28.4. The number of carbonyl (C=O) groups is 2. The van der Waals surface area contributed by atoms with E-state index in [1.165, 1.54) is 15.3 Å². The summed E-state index contributed by atoms with van der Waals surface area (Å²) in [6.45, 7) is 7.52. The molecule has 2 aliphatic heterocycles. The highest BCUT2D eigenvalue weighted by Crippen LogP contribution is 2.51. The highest BCUT2D eigenvalue weighted by molar-refractivity contribution is 6.99. The molecule has 8 heteroatoms. The van der Waals surface area contributed by atoms with Gasteiger partial charge in [-0.3, -0.25) is 19.5 Å². The Morgan fingerprint density at radius 2 is 1.42 bits per heavy atom. The van der Waals surface area contributed by atoms with E-state index in [0.717, 1.165) is 38.7 Å². The molecular formula is C52H50N2O5Si. The second kappa shape index (κ2) is 16.3. The predicted molar refractivity (Wildman–Crippen MR) is 241 cm³/mol. The van der Waals surface area contributed by atoms with Crippen LogP contribution in [-0.2, 0) is 18.8 Å². The lowest BCUT2D eigenvalue weighted by Gasteiger charge is -2.44. The Morgan fingerprint density at radius 3 is 2.07 bits per heavy atom. The number of phenols is 1. The molecule has 3 heterocycles. The van der Waals surface area contributed by atoms with Crippen LogP contribution in [0.15, 0.2) is 163 Å².